The summed E-state index contributed by atoms with van der Waals surface area (Å²) in [7, 11) is -4.27. The van der Waals surface area contributed by atoms with Crippen LogP contribution in [0, 0.1) is 0 Å². The van der Waals surface area contributed by atoms with Crippen LogP contribution in [0.4, 0.5) is 0 Å². The van der Waals surface area contributed by atoms with E-state index in [1.165, 1.54) is 89.9 Å². The van der Waals surface area contributed by atoms with E-state index in [2.05, 4.69) is 38.2 Å². The monoisotopic (exact) mass is 645 g/mol. The molecule has 0 aliphatic rings. The zero-order valence-corrected chi connectivity index (χ0v) is 29.3. The molecular weight excluding hydrogens is 577 g/mol. The molecule has 0 fully saturated rings. The summed E-state index contributed by atoms with van der Waals surface area (Å²) in [5.41, 5.74) is 5.34. The minimum Gasteiger partial charge on any atom is -0.457 e. The molecule has 0 spiro atoms. The Morgan fingerprint density at radius 1 is 0.659 bits per heavy atom. The van der Waals surface area contributed by atoms with Crippen LogP contribution in [0.15, 0.2) is 24.3 Å². The third kappa shape index (κ3) is 32.4. The number of rotatable bonds is 34. The van der Waals surface area contributed by atoms with E-state index in [9.17, 15) is 14.3 Å². The first-order valence-electron chi connectivity index (χ1n) is 17.8. The number of hydrogen-bond donors (Lipinski definition) is 2. The van der Waals surface area contributed by atoms with Gasteiger partial charge in [-0.05, 0) is 57.8 Å². The molecule has 8 nitrogen and oxygen atoms in total. The first-order chi connectivity index (χ1) is 21.4. The molecule has 2 atom stereocenters. The maximum Gasteiger partial charge on any atom is 0.472 e. The van der Waals surface area contributed by atoms with Gasteiger partial charge in [0.05, 0.1) is 19.8 Å². The van der Waals surface area contributed by atoms with Crippen molar-refractivity contribution in [3.05, 3.63) is 24.3 Å². The third-order valence-corrected chi connectivity index (χ3v) is 8.33. The molecule has 260 valence electrons. The molecule has 0 saturated carbocycles. The average Bonchev–Trinajstić information content (AvgIpc) is 3.01. The molecule has 0 heterocycles. The molecule has 9 heteroatoms. The van der Waals surface area contributed by atoms with Crippen LogP contribution in [0.25, 0.3) is 0 Å². The van der Waals surface area contributed by atoms with Crippen LogP contribution in [0.3, 0.4) is 0 Å². The predicted molar refractivity (Wildman–Crippen MR) is 183 cm³/mol. The number of carbonyl (C=O) groups excluding carboxylic acids is 1. The van der Waals surface area contributed by atoms with Crippen LogP contribution < -0.4 is 5.73 Å². The summed E-state index contributed by atoms with van der Waals surface area (Å²) in [6.07, 6.45) is 33.3. The van der Waals surface area contributed by atoms with Crippen molar-refractivity contribution in [2.75, 3.05) is 33.0 Å². The number of carbonyl (C=O) groups is 1. The highest BCUT2D eigenvalue weighted by Crippen LogP contribution is 2.43. The molecule has 0 rings (SSSR count). The Kier molecular flexibility index (Phi) is 32.6. The maximum atomic E-state index is 12.5. The van der Waals surface area contributed by atoms with Gasteiger partial charge in [-0.1, -0.05) is 115 Å². The highest BCUT2D eigenvalue weighted by atomic mass is 31.2. The van der Waals surface area contributed by atoms with Gasteiger partial charge in [0.2, 0.25) is 0 Å². The normalized spacial score (nSPS) is 14.0. The van der Waals surface area contributed by atoms with E-state index in [0.29, 0.717) is 13.0 Å². The smallest absolute Gasteiger partial charge is 0.457 e. The summed E-state index contributed by atoms with van der Waals surface area (Å²) < 4.78 is 33.2. The van der Waals surface area contributed by atoms with Gasteiger partial charge in [0.25, 0.3) is 0 Å². The second-order valence-electron chi connectivity index (χ2n) is 11.7. The summed E-state index contributed by atoms with van der Waals surface area (Å²) >= 11 is 0. The van der Waals surface area contributed by atoms with E-state index in [4.69, 9.17) is 24.3 Å². The highest BCUT2D eigenvalue weighted by Gasteiger charge is 2.25. The Labute approximate surface area is 270 Å². The molecule has 2 unspecified atom stereocenters. The van der Waals surface area contributed by atoms with Crippen LogP contribution in [-0.2, 0) is 27.9 Å². The molecule has 3 N–H and O–H groups in total. The van der Waals surface area contributed by atoms with Crippen molar-refractivity contribution in [2.45, 2.75) is 161 Å². The second-order valence-corrected chi connectivity index (χ2v) is 13.2. The van der Waals surface area contributed by atoms with Crippen LogP contribution >= 0.6 is 7.82 Å². The van der Waals surface area contributed by atoms with Crippen LogP contribution in [0.2, 0.25) is 0 Å². The van der Waals surface area contributed by atoms with Crippen LogP contribution in [0.1, 0.15) is 155 Å². The number of phosphoric acid groups is 1. The highest BCUT2D eigenvalue weighted by molar-refractivity contribution is 7.47. The zero-order chi connectivity index (χ0) is 32.4. The van der Waals surface area contributed by atoms with E-state index in [-0.39, 0.29) is 32.3 Å². The minimum absolute atomic E-state index is 0.0975. The Hall–Kier alpha value is -1.02. The predicted octanol–water partition coefficient (Wildman–Crippen LogP) is 9.74. The van der Waals surface area contributed by atoms with E-state index in [1.54, 1.807) is 0 Å². The molecule has 0 amide bonds. The lowest BCUT2D eigenvalue weighted by atomic mass is 10.1. The van der Waals surface area contributed by atoms with Gasteiger partial charge in [-0.25, -0.2) is 4.57 Å². The fraction of sp³-hybridized carbons (Fsp3) is 0.857. The van der Waals surface area contributed by atoms with Crippen LogP contribution in [-0.4, -0.2) is 49.9 Å². The van der Waals surface area contributed by atoms with Gasteiger partial charge in [-0.2, -0.15) is 0 Å². The largest absolute Gasteiger partial charge is 0.472 e. The minimum atomic E-state index is -4.27. The van der Waals surface area contributed by atoms with Gasteiger partial charge in [0.15, 0.2) is 0 Å². The van der Waals surface area contributed by atoms with Gasteiger partial charge in [0.1, 0.15) is 6.10 Å². The van der Waals surface area contributed by atoms with Crippen molar-refractivity contribution < 1.29 is 32.8 Å². The van der Waals surface area contributed by atoms with Gasteiger partial charge in [-0.3, -0.25) is 13.8 Å². The lowest BCUT2D eigenvalue weighted by molar-refractivity contribution is -0.154. The van der Waals surface area contributed by atoms with Crippen molar-refractivity contribution in [1.82, 2.24) is 0 Å². The first kappa shape index (κ1) is 43.0. The van der Waals surface area contributed by atoms with Crippen molar-refractivity contribution in [3.8, 4) is 0 Å². The average molecular weight is 646 g/mol. The molecule has 0 radical (unpaired) electrons. The second kappa shape index (κ2) is 33.3. The molecule has 0 aliphatic carbocycles. The van der Waals surface area contributed by atoms with Gasteiger partial charge >= 0.3 is 13.8 Å². The Bertz CT molecular complexity index is 732. The molecular formula is C35H68NO7P. The molecule has 0 aromatic carbocycles. The van der Waals surface area contributed by atoms with Crippen LogP contribution in [0.5, 0.6) is 0 Å². The molecule has 0 bridgehead atoms. The topological polar surface area (TPSA) is 117 Å². The van der Waals surface area contributed by atoms with Crippen molar-refractivity contribution in [3.63, 3.8) is 0 Å². The molecule has 0 aromatic rings. The standard InChI is InChI=1S/C35H68NO7P/c1-3-5-7-9-11-13-15-17-18-20-22-24-26-28-35(37)43-34(33-42-44(38,39)41-31-29-36)32-40-30-27-25-23-21-19-16-14-12-10-8-6-4-2/h10,12-13,15,34H,3-9,11,14,16-33,36H2,1-2H3,(H,38,39)/b12-10-,15-13-. The summed E-state index contributed by atoms with van der Waals surface area (Å²) in [4.78, 5) is 22.3. The van der Waals surface area contributed by atoms with Crippen molar-refractivity contribution in [2.24, 2.45) is 5.73 Å². The van der Waals surface area contributed by atoms with E-state index < -0.39 is 13.9 Å². The zero-order valence-electron chi connectivity index (χ0n) is 28.4. The number of unbranched alkanes of at least 4 members (excludes halogenated alkanes) is 17. The fourth-order valence-electron chi connectivity index (χ4n) is 4.68. The maximum absolute atomic E-state index is 12.5. The molecule has 0 aromatic heterocycles. The van der Waals surface area contributed by atoms with Gasteiger partial charge in [-0.15, -0.1) is 0 Å². The van der Waals surface area contributed by atoms with Gasteiger partial charge in [0, 0.05) is 19.6 Å². The number of ether oxygens (including phenoxy) is 2. The summed E-state index contributed by atoms with van der Waals surface area (Å²) in [5.74, 6) is -0.343. The summed E-state index contributed by atoms with van der Waals surface area (Å²) in [6, 6.07) is 0. The molecule has 0 saturated heterocycles. The first-order valence-corrected chi connectivity index (χ1v) is 19.3. The van der Waals surface area contributed by atoms with E-state index in [1.807, 2.05) is 0 Å². The van der Waals surface area contributed by atoms with E-state index >= 15 is 0 Å². The Morgan fingerprint density at radius 3 is 1.73 bits per heavy atom. The number of nitrogens with two attached hydrogens (primary N) is 1. The Morgan fingerprint density at radius 2 is 1.16 bits per heavy atom. The number of esters is 1. The van der Waals surface area contributed by atoms with Crippen molar-refractivity contribution >= 4 is 13.8 Å². The Balaban J connectivity index is 4.14. The van der Waals surface area contributed by atoms with Gasteiger partial charge < -0.3 is 20.1 Å². The SMILES string of the molecule is CCCC/C=C\CCCCCCCCOCC(COP(=O)(O)OCCN)OC(=O)CCCCCCC/C=C\CCCCCC. The fourth-order valence-corrected chi connectivity index (χ4v) is 5.44. The molecule has 44 heavy (non-hydrogen) atoms. The number of phosphoric ester groups is 1. The summed E-state index contributed by atoms with van der Waals surface area (Å²) in [6.45, 7) is 4.84. The van der Waals surface area contributed by atoms with E-state index in [0.717, 1.165) is 44.9 Å². The molecule has 0 aliphatic heterocycles. The number of allylic oxidation sites excluding steroid dienone is 4. The lowest BCUT2D eigenvalue weighted by Gasteiger charge is -2.20. The number of hydrogen-bond acceptors (Lipinski definition) is 7. The lowest BCUT2D eigenvalue weighted by Crippen LogP contribution is -2.28. The van der Waals surface area contributed by atoms with Crippen molar-refractivity contribution in [1.29, 1.82) is 0 Å². The summed E-state index contributed by atoms with van der Waals surface area (Å²) in [5, 5.41) is 0. The third-order valence-electron chi connectivity index (χ3n) is 7.34. The quantitative estimate of drug-likeness (QED) is 0.0307.